The van der Waals surface area contributed by atoms with Crippen LogP contribution >= 0.6 is 11.3 Å². The van der Waals surface area contributed by atoms with Gasteiger partial charge in [0.05, 0.1) is 41.4 Å². The van der Waals surface area contributed by atoms with Crippen molar-refractivity contribution >= 4 is 40.4 Å². The largest absolute Gasteiger partial charge is 0.463 e. The molecule has 0 aliphatic carbocycles. The lowest BCUT2D eigenvalue weighted by Gasteiger charge is -2.24. The van der Waals surface area contributed by atoms with Gasteiger partial charge in [0.2, 0.25) is 5.76 Å². The number of aromatic nitrogens is 1. The molecule has 0 radical (unpaired) electrons. The first-order valence-corrected chi connectivity index (χ1v) is 13.6. The fraction of sp³-hybridized carbons (Fsp3) is 0.167. The quantitative estimate of drug-likeness (QED) is 0.268. The Bertz CT molecular complexity index is 1930. The predicted molar refractivity (Wildman–Crippen MR) is 149 cm³/mol. The molecule has 0 bridgehead atoms. The van der Waals surface area contributed by atoms with E-state index < -0.39 is 23.5 Å². The molecule has 2 aromatic carbocycles. The number of carbonyl (C=O) groups is 3. The lowest BCUT2D eigenvalue weighted by molar-refractivity contribution is -0.139. The summed E-state index contributed by atoms with van der Waals surface area (Å²) in [6, 6.07) is 15.9. The van der Waals surface area contributed by atoms with Crippen LogP contribution in [0.4, 0.5) is 5.69 Å². The van der Waals surface area contributed by atoms with Crippen molar-refractivity contribution in [3.63, 3.8) is 0 Å². The zero-order valence-corrected chi connectivity index (χ0v) is 23.1. The van der Waals surface area contributed by atoms with Crippen molar-refractivity contribution < 1.29 is 28.3 Å². The number of esters is 2. The molecule has 1 atom stereocenters. The Hall–Kier alpha value is -5.03. The standard InChI is InChI=1S/C30H23N3O7S/c1-4-38-29(37)22-16(2)31-30-33(24(22)17-11-13-18(14-12-17)40-28(36)21-10-7-15-39-21)27(35)25(41-30)23-19-8-5-6-9-20(19)32(3)26(23)34/h5-15,24H,4H2,1-3H3/b25-23-/t24-/m1/s1. The van der Waals surface area contributed by atoms with Crippen LogP contribution in [0.2, 0.25) is 0 Å². The Morgan fingerprint density at radius 2 is 1.78 bits per heavy atom. The molecule has 11 heteroatoms. The topological polar surface area (TPSA) is 120 Å². The summed E-state index contributed by atoms with van der Waals surface area (Å²) >= 11 is 1.10. The molecule has 41 heavy (non-hydrogen) atoms. The third-order valence-corrected chi connectivity index (χ3v) is 7.96. The van der Waals surface area contributed by atoms with Crippen LogP contribution in [-0.2, 0) is 14.3 Å². The van der Waals surface area contributed by atoms with Gasteiger partial charge in [0, 0.05) is 12.6 Å². The highest BCUT2D eigenvalue weighted by atomic mass is 32.1. The molecule has 2 aliphatic heterocycles. The fourth-order valence-corrected chi connectivity index (χ4v) is 6.15. The summed E-state index contributed by atoms with van der Waals surface area (Å²) in [6.07, 6.45) is 1.37. The van der Waals surface area contributed by atoms with E-state index in [0.717, 1.165) is 11.3 Å². The lowest BCUT2D eigenvalue weighted by atomic mass is 9.96. The van der Waals surface area contributed by atoms with E-state index in [-0.39, 0.29) is 34.1 Å². The highest BCUT2D eigenvalue weighted by Crippen LogP contribution is 2.35. The summed E-state index contributed by atoms with van der Waals surface area (Å²) in [5.41, 5.74) is 2.37. The number of hydrogen-bond donors (Lipinski definition) is 0. The van der Waals surface area contributed by atoms with Crippen LogP contribution in [-0.4, -0.2) is 36.1 Å². The first-order valence-electron chi connectivity index (χ1n) is 12.8. The summed E-state index contributed by atoms with van der Waals surface area (Å²) in [4.78, 5) is 59.3. The smallest absolute Gasteiger partial charge is 0.379 e. The minimum atomic E-state index is -0.890. The highest BCUT2D eigenvalue weighted by molar-refractivity contribution is 7.07. The van der Waals surface area contributed by atoms with E-state index in [0.29, 0.717) is 32.9 Å². The van der Waals surface area contributed by atoms with Crippen LogP contribution in [0.3, 0.4) is 0 Å². The lowest BCUT2D eigenvalue weighted by Crippen LogP contribution is -2.40. The SMILES string of the molecule is CCOC(=O)C1=C(C)N=c2s/c(=C3\C(=O)N(C)c4ccccc43)c(=O)n2[C@@H]1c1ccc(OC(=O)c2ccco2)cc1. The van der Waals surface area contributed by atoms with Crippen molar-refractivity contribution in [3.8, 4) is 5.75 Å². The predicted octanol–water partition coefficient (Wildman–Crippen LogP) is 2.96. The third-order valence-electron chi connectivity index (χ3n) is 6.90. The van der Waals surface area contributed by atoms with Gasteiger partial charge in [-0.1, -0.05) is 41.7 Å². The summed E-state index contributed by atoms with van der Waals surface area (Å²) < 4.78 is 17.5. The minimum Gasteiger partial charge on any atom is -0.463 e. The van der Waals surface area contributed by atoms with Gasteiger partial charge in [-0.25, -0.2) is 14.6 Å². The Labute approximate surface area is 237 Å². The van der Waals surface area contributed by atoms with Crippen LogP contribution in [0.25, 0.3) is 5.57 Å². The molecule has 6 rings (SSSR count). The number of allylic oxidation sites excluding steroid dienone is 1. The van der Waals surface area contributed by atoms with Crippen molar-refractivity contribution in [2.75, 3.05) is 18.6 Å². The van der Waals surface area contributed by atoms with Crippen LogP contribution < -0.4 is 24.5 Å². The second kappa shape index (κ2) is 10.2. The summed E-state index contributed by atoms with van der Waals surface area (Å²) in [5.74, 6) is -1.26. The fourth-order valence-electron chi connectivity index (χ4n) is 5.02. The summed E-state index contributed by atoms with van der Waals surface area (Å²) in [5, 5.41) is 0. The van der Waals surface area contributed by atoms with E-state index in [1.165, 1.54) is 21.8 Å². The van der Waals surface area contributed by atoms with Gasteiger partial charge in [-0.15, -0.1) is 0 Å². The van der Waals surface area contributed by atoms with Crippen LogP contribution in [0.15, 0.2) is 92.4 Å². The Morgan fingerprint density at radius 1 is 1.02 bits per heavy atom. The number of carbonyl (C=O) groups excluding carboxylic acids is 3. The molecule has 2 aliphatic rings. The first kappa shape index (κ1) is 26.2. The molecule has 10 nitrogen and oxygen atoms in total. The molecule has 4 heterocycles. The molecule has 4 aromatic rings. The Kier molecular flexibility index (Phi) is 6.50. The van der Waals surface area contributed by atoms with Gasteiger partial charge in [-0.3, -0.25) is 14.2 Å². The van der Waals surface area contributed by atoms with E-state index in [9.17, 15) is 19.2 Å². The molecule has 0 saturated carbocycles. The van der Waals surface area contributed by atoms with E-state index in [2.05, 4.69) is 4.99 Å². The first-order chi connectivity index (χ1) is 19.8. The number of benzene rings is 2. The van der Waals surface area contributed by atoms with E-state index in [4.69, 9.17) is 13.9 Å². The van der Waals surface area contributed by atoms with Gasteiger partial charge in [0.15, 0.2) is 4.80 Å². The minimum absolute atomic E-state index is 0.0549. The monoisotopic (exact) mass is 569 g/mol. The van der Waals surface area contributed by atoms with Gasteiger partial charge >= 0.3 is 11.9 Å². The maximum Gasteiger partial charge on any atom is 0.379 e. The molecule has 0 unspecified atom stereocenters. The number of furan rings is 1. The van der Waals surface area contributed by atoms with Gasteiger partial charge in [-0.05, 0) is 49.7 Å². The maximum absolute atomic E-state index is 14.1. The third kappa shape index (κ3) is 4.30. The average Bonchev–Trinajstić information content (AvgIpc) is 3.67. The van der Waals surface area contributed by atoms with E-state index in [1.54, 1.807) is 57.3 Å². The summed E-state index contributed by atoms with van der Waals surface area (Å²) in [7, 11) is 1.66. The second-order valence-corrected chi connectivity index (χ2v) is 10.3. The molecule has 0 saturated heterocycles. The number of nitrogens with zero attached hydrogens (tertiary/aromatic N) is 3. The number of ether oxygens (including phenoxy) is 2. The van der Waals surface area contributed by atoms with Crippen molar-refractivity contribution in [2.45, 2.75) is 19.9 Å². The van der Waals surface area contributed by atoms with Crippen LogP contribution in [0.1, 0.15) is 41.6 Å². The van der Waals surface area contributed by atoms with E-state index >= 15 is 0 Å². The van der Waals surface area contributed by atoms with Gasteiger partial charge in [0.1, 0.15) is 10.3 Å². The molecular formula is C30H23N3O7S. The summed E-state index contributed by atoms with van der Waals surface area (Å²) in [6.45, 7) is 3.51. The maximum atomic E-state index is 14.1. The number of thiazole rings is 1. The Balaban J connectivity index is 1.50. The van der Waals surface area contributed by atoms with Gasteiger partial charge < -0.3 is 18.8 Å². The number of anilines is 1. The Morgan fingerprint density at radius 3 is 2.49 bits per heavy atom. The number of likely N-dealkylation sites (N-methyl/N-ethyl adjacent to an activating group) is 1. The average molecular weight is 570 g/mol. The number of rotatable bonds is 5. The number of hydrogen-bond acceptors (Lipinski definition) is 9. The second-order valence-electron chi connectivity index (χ2n) is 9.31. The molecule has 0 spiro atoms. The van der Waals surface area contributed by atoms with Crippen LogP contribution in [0, 0.1) is 0 Å². The highest BCUT2D eigenvalue weighted by Gasteiger charge is 2.36. The number of fused-ring (bicyclic) bond motifs is 2. The van der Waals surface area contributed by atoms with Crippen molar-refractivity contribution in [2.24, 2.45) is 4.99 Å². The molecule has 2 aromatic heterocycles. The molecule has 0 N–H and O–H groups in total. The molecule has 1 amide bonds. The van der Waals surface area contributed by atoms with Crippen molar-refractivity contribution in [1.29, 1.82) is 0 Å². The van der Waals surface area contributed by atoms with E-state index in [1.807, 2.05) is 18.2 Å². The number of para-hydroxylation sites is 1. The van der Waals surface area contributed by atoms with Gasteiger partial charge in [0.25, 0.3) is 11.5 Å². The molecule has 206 valence electrons. The van der Waals surface area contributed by atoms with Crippen molar-refractivity contribution in [1.82, 2.24) is 4.57 Å². The zero-order chi connectivity index (χ0) is 28.8. The molecular weight excluding hydrogens is 546 g/mol. The van der Waals surface area contributed by atoms with Gasteiger partial charge in [-0.2, -0.15) is 0 Å². The van der Waals surface area contributed by atoms with Crippen LogP contribution in [0.5, 0.6) is 5.75 Å². The van der Waals surface area contributed by atoms with Crippen molar-refractivity contribution in [3.05, 3.63) is 115 Å². The normalized spacial score (nSPS) is 17.2. The zero-order valence-electron chi connectivity index (χ0n) is 22.2. The molecule has 0 fully saturated rings. The number of amides is 1.